The van der Waals surface area contributed by atoms with Crippen LogP contribution in [0.5, 0.6) is 0 Å². The topological polar surface area (TPSA) is 89.8 Å². The first-order valence-electron chi connectivity index (χ1n) is 10.2. The Kier molecular flexibility index (Phi) is 6.68. The molecule has 4 rings (SSSR count). The predicted molar refractivity (Wildman–Crippen MR) is 130 cm³/mol. The van der Waals surface area contributed by atoms with Gasteiger partial charge in [0.2, 0.25) is 5.95 Å². The number of hydrogen-bond donors (Lipinski definition) is 2. The van der Waals surface area contributed by atoms with Crippen LogP contribution in [0.3, 0.4) is 0 Å². The molecule has 3 heterocycles. The van der Waals surface area contributed by atoms with E-state index >= 15 is 0 Å². The summed E-state index contributed by atoms with van der Waals surface area (Å²) in [6, 6.07) is 18.1. The van der Waals surface area contributed by atoms with Crippen molar-refractivity contribution in [3.8, 4) is 6.07 Å². The Morgan fingerprint density at radius 2 is 2.03 bits per heavy atom. The number of rotatable bonds is 7. The number of pyridine rings is 1. The maximum absolute atomic E-state index is 9.90. The third-order valence-electron chi connectivity index (χ3n) is 4.88. The van der Waals surface area contributed by atoms with E-state index in [9.17, 15) is 5.26 Å². The summed E-state index contributed by atoms with van der Waals surface area (Å²) in [6.45, 7) is 2.62. The third kappa shape index (κ3) is 5.07. The largest absolute Gasteiger partial charge is 0.354 e. The maximum atomic E-state index is 9.90. The minimum atomic E-state index is 0.477. The Bertz CT molecular complexity index is 1180. The summed E-state index contributed by atoms with van der Waals surface area (Å²) < 4.78 is 0. The molecule has 1 aromatic carbocycles. The highest BCUT2D eigenvalue weighted by Gasteiger charge is 2.18. The van der Waals surface area contributed by atoms with Crippen LogP contribution in [0.1, 0.15) is 18.2 Å². The minimum Gasteiger partial charge on any atom is -0.354 e. The number of nitrogens with one attached hydrogen (secondary N) is 2. The highest BCUT2D eigenvalue weighted by molar-refractivity contribution is 8.06. The molecule has 160 valence electrons. The van der Waals surface area contributed by atoms with Crippen LogP contribution >= 0.6 is 11.8 Å². The Labute approximate surface area is 191 Å². The van der Waals surface area contributed by atoms with Gasteiger partial charge in [0.15, 0.2) is 0 Å². The normalized spacial score (nSPS) is 14.2. The van der Waals surface area contributed by atoms with Crippen LogP contribution in [-0.2, 0) is 6.42 Å². The van der Waals surface area contributed by atoms with Gasteiger partial charge in [-0.05, 0) is 42.5 Å². The van der Waals surface area contributed by atoms with Gasteiger partial charge < -0.3 is 15.5 Å². The second kappa shape index (κ2) is 9.98. The highest BCUT2D eigenvalue weighted by Crippen LogP contribution is 2.32. The van der Waals surface area contributed by atoms with Crippen molar-refractivity contribution < 1.29 is 0 Å². The molecule has 1 aliphatic rings. The molecule has 0 radical (unpaired) electrons. The van der Waals surface area contributed by atoms with Crippen molar-refractivity contribution in [3.05, 3.63) is 88.3 Å². The van der Waals surface area contributed by atoms with Crippen LogP contribution in [0.4, 0.5) is 17.5 Å². The molecule has 0 fully saturated rings. The summed E-state index contributed by atoms with van der Waals surface area (Å²) in [7, 11) is 1.95. The maximum Gasteiger partial charge on any atom is 0.225 e. The van der Waals surface area contributed by atoms with Gasteiger partial charge >= 0.3 is 0 Å². The Hall–Kier alpha value is -3.83. The number of hydrogen-bond acceptors (Lipinski definition) is 8. The number of thioether (sulfide) groups is 1. The lowest BCUT2D eigenvalue weighted by molar-refractivity contribution is 0.965. The van der Waals surface area contributed by atoms with Gasteiger partial charge in [-0.15, -0.1) is 0 Å². The molecule has 8 heteroatoms. The number of para-hydroxylation sites is 1. The summed E-state index contributed by atoms with van der Waals surface area (Å²) in [4.78, 5) is 15.5. The molecule has 0 saturated carbocycles. The molecule has 0 amide bonds. The van der Waals surface area contributed by atoms with E-state index in [4.69, 9.17) is 4.98 Å². The molecular formula is C24H23N7S. The predicted octanol–water partition coefficient (Wildman–Crippen LogP) is 4.68. The van der Waals surface area contributed by atoms with Gasteiger partial charge in [0.25, 0.3) is 0 Å². The van der Waals surface area contributed by atoms with Crippen molar-refractivity contribution in [2.75, 3.05) is 23.8 Å². The second-order valence-corrected chi connectivity index (χ2v) is 8.11. The van der Waals surface area contributed by atoms with Crippen LogP contribution in [-0.4, -0.2) is 28.5 Å². The lowest BCUT2D eigenvalue weighted by Gasteiger charge is -2.20. The fourth-order valence-electron chi connectivity index (χ4n) is 3.19. The summed E-state index contributed by atoms with van der Waals surface area (Å²) in [5.74, 6) is 1.18. The van der Waals surface area contributed by atoms with E-state index < -0.39 is 0 Å². The van der Waals surface area contributed by atoms with Gasteiger partial charge in [-0.1, -0.05) is 36.0 Å². The Morgan fingerprint density at radius 3 is 2.72 bits per heavy atom. The molecule has 0 bridgehead atoms. The van der Waals surface area contributed by atoms with E-state index in [0.717, 1.165) is 28.4 Å². The van der Waals surface area contributed by atoms with Gasteiger partial charge in [0.1, 0.15) is 17.5 Å². The number of anilines is 3. The first kappa shape index (κ1) is 21.4. The molecule has 1 aliphatic heterocycles. The Balaban J connectivity index is 1.66. The molecule has 2 N–H and O–H groups in total. The first-order chi connectivity index (χ1) is 15.6. The third-order valence-corrected chi connectivity index (χ3v) is 5.89. The van der Waals surface area contributed by atoms with Crippen molar-refractivity contribution in [1.29, 1.82) is 5.26 Å². The number of nitriles is 1. The van der Waals surface area contributed by atoms with Crippen LogP contribution in [0, 0.1) is 11.3 Å². The van der Waals surface area contributed by atoms with Crippen molar-refractivity contribution in [3.63, 3.8) is 0 Å². The van der Waals surface area contributed by atoms with E-state index in [-0.39, 0.29) is 0 Å². The summed E-state index contributed by atoms with van der Waals surface area (Å²) in [5, 5.41) is 19.2. The van der Waals surface area contributed by atoms with Gasteiger partial charge in [0.05, 0.1) is 10.7 Å². The van der Waals surface area contributed by atoms with Crippen LogP contribution < -0.4 is 15.5 Å². The van der Waals surface area contributed by atoms with Crippen molar-refractivity contribution in [2.45, 2.75) is 13.3 Å². The summed E-state index contributed by atoms with van der Waals surface area (Å²) in [6.07, 6.45) is 4.40. The van der Waals surface area contributed by atoms with Gasteiger partial charge in [0, 0.05) is 43.4 Å². The number of allylic oxidation sites excluding steroid dienone is 2. The summed E-state index contributed by atoms with van der Waals surface area (Å²) >= 11 is 1.49. The van der Waals surface area contributed by atoms with Crippen LogP contribution in [0.15, 0.2) is 77.1 Å². The van der Waals surface area contributed by atoms with Crippen molar-refractivity contribution in [2.24, 2.45) is 0 Å². The van der Waals surface area contributed by atoms with Gasteiger partial charge in [-0.2, -0.15) is 10.2 Å². The average molecular weight is 442 g/mol. The molecule has 3 aromatic rings. The highest BCUT2D eigenvalue weighted by atomic mass is 32.2. The molecule has 32 heavy (non-hydrogen) atoms. The fourth-order valence-corrected chi connectivity index (χ4v) is 4.03. The summed E-state index contributed by atoms with van der Waals surface area (Å²) in [5.41, 5.74) is 4.19. The van der Waals surface area contributed by atoms with E-state index in [1.165, 1.54) is 11.8 Å². The van der Waals surface area contributed by atoms with E-state index in [1.807, 2.05) is 79.0 Å². The number of aromatic nitrogens is 3. The number of nitrogens with zero attached hydrogens (tertiary/aromatic N) is 5. The number of benzene rings is 1. The molecular weight excluding hydrogens is 418 g/mol. The molecule has 0 aliphatic carbocycles. The lowest BCUT2D eigenvalue weighted by atomic mass is 10.2. The molecule has 0 unspecified atom stereocenters. The minimum absolute atomic E-state index is 0.477. The van der Waals surface area contributed by atoms with E-state index in [0.29, 0.717) is 29.6 Å². The fraction of sp³-hybridized carbons (Fsp3) is 0.167. The van der Waals surface area contributed by atoms with Gasteiger partial charge in [-0.3, -0.25) is 4.98 Å². The van der Waals surface area contributed by atoms with Crippen molar-refractivity contribution >= 4 is 34.8 Å². The molecule has 0 saturated heterocycles. The van der Waals surface area contributed by atoms with Crippen molar-refractivity contribution in [1.82, 2.24) is 20.3 Å². The standard InChI is InChI=1S/C24H23N7S/c1-17-16-32-23(28-17)20(14-25)21-13-22(31(2)19-8-4-3-5-9-19)30-24(29-21)27-12-10-18-7-6-11-26-15-18/h3-9,11,13,15-16,28H,10,12H2,1-2H3,(H,27,29,30)/b23-20-. The monoisotopic (exact) mass is 441 g/mol. The van der Waals surface area contributed by atoms with Gasteiger partial charge in [-0.25, -0.2) is 4.98 Å². The molecule has 7 nitrogen and oxygen atoms in total. The molecule has 0 spiro atoms. The quantitative estimate of drug-likeness (QED) is 0.511. The SMILES string of the molecule is CC1=CS/C(=C(/C#N)c2cc(N(C)c3ccccc3)nc(NCCc3cccnc3)n2)N1. The second-order valence-electron chi connectivity index (χ2n) is 7.23. The van der Waals surface area contributed by atoms with E-state index in [2.05, 4.69) is 26.7 Å². The zero-order valence-corrected chi connectivity index (χ0v) is 18.7. The molecule has 0 atom stereocenters. The lowest BCUT2D eigenvalue weighted by Crippen LogP contribution is -2.16. The smallest absolute Gasteiger partial charge is 0.225 e. The van der Waals surface area contributed by atoms with Crippen LogP contribution in [0.25, 0.3) is 5.57 Å². The first-order valence-corrected chi connectivity index (χ1v) is 11.1. The zero-order valence-electron chi connectivity index (χ0n) is 17.9. The average Bonchev–Trinajstić information content (AvgIpc) is 3.26. The van der Waals surface area contributed by atoms with Crippen LogP contribution in [0.2, 0.25) is 0 Å². The van der Waals surface area contributed by atoms with E-state index in [1.54, 1.807) is 6.20 Å². The zero-order chi connectivity index (χ0) is 22.3. The molecule has 2 aromatic heterocycles. The Morgan fingerprint density at radius 1 is 1.19 bits per heavy atom.